The number of hydrogen-bond donors (Lipinski definition) is 0. The Morgan fingerprint density at radius 3 is 1.93 bits per heavy atom. The van der Waals surface area contributed by atoms with Crippen molar-refractivity contribution >= 4 is 6.29 Å². The summed E-state index contributed by atoms with van der Waals surface area (Å²) in [6.45, 7) is 9.27. The Kier molecular flexibility index (Phi) is 7.71. The van der Waals surface area contributed by atoms with Gasteiger partial charge in [-0.25, -0.2) is 0 Å². The van der Waals surface area contributed by atoms with E-state index in [9.17, 15) is 4.79 Å². The van der Waals surface area contributed by atoms with E-state index in [2.05, 4.69) is 13.8 Å². The minimum atomic E-state index is -0.241. The van der Waals surface area contributed by atoms with Crippen LogP contribution in [0.5, 0.6) is 0 Å². The molecular formula is C11H22O3. The fraction of sp³-hybridized carbons (Fsp3) is 0.909. The van der Waals surface area contributed by atoms with Crippen molar-refractivity contribution in [3.05, 3.63) is 0 Å². The summed E-state index contributed by atoms with van der Waals surface area (Å²) in [6, 6.07) is 0. The summed E-state index contributed by atoms with van der Waals surface area (Å²) in [5, 5.41) is 0. The summed E-state index contributed by atoms with van der Waals surface area (Å²) in [4.78, 5) is 10.5. The molecule has 0 aromatic rings. The maximum absolute atomic E-state index is 10.5. The van der Waals surface area contributed by atoms with Gasteiger partial charge in [0.25, 0.3) is 0 Å². The highest BCUT2D eigenvalue weighted by Gasteiger charge is 2.24. The largest absolute Gasteiger partial charge is 0.353 e. The second kappa shape index (κ2) is 7.94. The van der Waals surface area contributed by atoms with Crippen molar-refractivity contribution in [1.29, 1.82) is 0 Å². The van der Waals surface area contributed by atoms with Gasteiger partial charge in [-0.05, 0) is 19.8 Å². The Balaban J connectivity index is 4.28. The average Bonchev–Trinajstić information content (AvgIpc) is 2.13. The summed E-state index contributed by atoms with van der Waals surface area (Å²) >= 11 is 0. The summed E-state index contributed by atoms with van der Waals surface area (Å²) in [6.07, 6.45) is 1.20. The van der Waals surface area contributed by atoms with Crippen molar-refractivity contribution in [3.63, 3.8) is 0 Å². The molecule has 0 saturated heterocycles. The van der Waals surface area contributed by atoms with Crippen LogP contribution in [0.1, 0.15) is 34.1 Å². The lowest BCUT2D eigenvalue weighted by molar-refractivity contribution is -0.176. The predicted molar refractivity (Wildman–Crippen MR) is 56.0 cm³/mol. The van der Waals surface area contributed by atoms with E-state index >= 15 is 0 Å². The van der Waals surface area contributed by atoms with Gasteiger partial charge in [-0.1, -0.05) is 13.8 Å². The van der Waals surface area contributed by atoms with Gasteiger partial charge in [-0.15, -0.1) is 0 Å². The molecule has 0 radical (unpaired) electrons. The zero-order chi connectivity index (χ0) is 11.0. The highest BCUT2D eigenvalue weighted by Crippen LogP contribution is 2.21. The van der Waals surface area contributed by atoms with Crippen LogP contribution in [-0.4, -0.2) is 25.8 Å². The van der Waals surface area contributed by atoms with Gasteiger partial charge >= 0.3 is 0 Å². The van der Waals surface area contributed by atoms with Gasteiger partial charge in [0.1, 0.15) is 6.29 Å². The highest BCUT2D eigenvalue weighted by molar-refractivity contribution is 5.49. The number of rotatable bonds is 8. The molecule has 0 saturated carbocycles. The Morgan fingerprint density at radius 1 is 1.14 bits per heavy atom. The van der Waals surface area contributed by atoms with E-state index in [1.54, 1.807) is 0 Å². The zero-order valence-corrected chi connectivity index (χ0v) is 9.66. The highest BCUT2D eigenvalue weighted by atomic mass is 16.7. The van der Waals surface area contributed by atoms with Crippen molar-refractivity contribution in [2.45, 2.75) is 40.4 Å². The minimum Gasteiger partial charge on any atom is -0.353 e. The summed E-state index contributed by atoms with van der Waals surface area (Å²) < 4.78 is 11.0. The SMILES string of the molecule is CCOC(OCC)C(CC=O)C(C)C. The van der Waals surface area contributed by atoms with Crippen LogP contribution in [0.15, 0.2) is 0 Å². The molecule has 1 unspecified atom stereocenters. The van der Waals surface area contributed by atoms with Gasteiger partial charge < -0.3 is 14.3 Å². The van der Waals surface area contributed by atoms with Crippen LogP contribution >= 0.6 is 0 Å². The van der Waals surface area contributed by atoms with Crippen LogP contribution in [0.2, 0.25) is 0 Å². The first-order valence-electron chi connectivity index (χ1n) is 5.34. The second-order valence-electron chi connectivity index (χ2n) is 3.59. The van der Waals surface area contributed by atoms with E-state index in [1.165, 1.54) is 0 Å². The maximum Gasteiger partial charge on any atom is 0.160 e. The topological polar surface area (TPSA) is 35.5 Å². The molecule has 1 atom stereocenters. The van der Waals surface area contributed by atoms with Gasteiger partial charge in [-0.2, -0.15) is 0 Å². The van der Waals surface area contributed by atoms with E-state index in [-0.39, 0.29) is 12.2 Å². The van der Waals surface area contributed by atoms with E-state index in [0.29, 0.717) is 25.6 Å². The smallest absolute Gasteiger partial charge is 0.160 e. The van der Waals surface area contributed by atoms with E-state index < -0.39 is 0 Å². The first-order valence-corrected chi connectivity index (χ1v) is 5.34. The first kappa shape index (κ1) is 13.6. The number of carbonyl (C=O) groups excluding carboxylic acids is 1. The molecule has 0 aliphatic rings. The molecule has 0 heterocycles. The van der Waals surface area contributed by atoms with Gasteiger partial charge in [0, 0.05) is 25.6 Å². The lowest BCUT2D eigenvalue weighted by Crippen LogP contribution is -2.31. The summed E-state index contributed by atoms with van der Waals surface area (Å²) in [5.74, 6) is 0.552. The lowest BCUT2D eigenvalue weighted by atomic mass is 9.92. The van der Waals surface area contributed by atoms with E-state index in [4.69, 9.17) is 9.47 Å². The van der Waals surface area contributed by atoms with Gasteiger partial charge in [-0.3, -0.25) is 0 Å². The van der Waals surface area contributed by atoms with Gasteiger partial charge in [0.15, 0.2) is 6.29 Å². The molecule has 0 amide bonds. The Morgan fingerprint density at radius 2 is 1.64 bits per heavy atom. The molecule has 3 heteroatoms. The molecule has 0 aliphatic heterocycles. The molecular weight excluding hydrogens is 180 g/mol. The molecule has 0 aliphatic carbocycles. The number of ether oxygens (including phenoxy) is 2. The Bertz CT molecular complexity index is 139. The van der Waals surface area contributed by atoms with Gasteiger partial charge in [0.05, 0.1) is 0 Å². The fourth-order valence-electron chi connectivity index (χ4n) is 1.43. The minimum absolute atomic E-state index is 0.160. The number of aldehydes is 1. The van der Waals surface area contributed by atoms with Crippen LogP contribution in [0, 0.1) is 11.8 Å². The van der Waals surface area contributed by atoms with E-state index in [0.717, 1.165) is 6.29 Å². The van der Waals surface area contributed by atoms with Crippen molar-refractivity contribution < 1.29 is 14.3 Å². The molecule has 0 spiro atoms. The third kappa shape index (κ3) is 4.72. The molecule has 0 rings (SSSR count). The molecule has 14 heavy (non-hydrogen) atoms. The summed E-state index contributed by atoms with van der Waals surface area (Å²) in [7, 11) is 0. The van der Waals surface area contributed by atoms with Crippen LogP contribution in [-0.2, 0) is 14.3 Å². The second-order valence-corrected chi connectivity index (χ2v) is 3.59. The standard InChI is InChI=1S/C11H22O3/c1-5-13-11(14-6-2)10(7-8-12)9(3)4/h8-11H,5-7H2,1-4H3. The maximum atomic E-state index is 10.5. The van der Waals surface area contributed by atoms with Crippen LogP contribution < -0.4 is 0 Å². The monoisotopic (exact) mass is 202 g/mol. The normalized spacial score (nSPS) is 13.6. The van der Waals surface area contributed by atoms with E-state index in [1.807, 2.05) is 13.8 Å². The molecule has 0 N–H and O–H groups in total. The summed E-state index contributed by atoms with van der Waals surface area (Å²) in [5.41, 5.74) is 0. The fourth-order valence-corrected chi connectivity index (χ4v) is 1.43. The molecule has 3 nitrogen and oxygen atoms in total. The third-order valence-corrected chi connectivity index (χ3v) is 2.24. The van der Waals surface area contributed by atoms with Crippen LogP contribution in [0.25, 0.3) is 0 Å². The van der Waals surface area contributed by atoms with Gasteiger partial charge in [0.2, 0.25) is 0 Å². The molecule has 0 aromatic carbocycles. The Hall–Kier alpha value is -0.410. The molecule has 0 fully saturated rings. The Labute approximate surface area is 86.8 Å². The van der Waals surface area contributed by atoms with Crippen LogP contribution in [0.4, 0.5) is 0 Å². The van der Waals surface area contributed by atoms with Crippen LogP contribution in [0.3, 0.4) is 0 Å². The molecule has 0 bridgehead atoms. The first-order chi connectivity index (χ1) is 6.67. The van der Waals surface area contributed by atoms with Crippen molar-refractivity contribution in [1.82, 2.24) is 0 Å². The quantitative estimate of drug-likeness (QED) is 0.447. The zero-order valence-electron chi connectivity index (χ0n) is 9.66. The third-order valence-electron chi connectivity index (χ3n) is 2.24. The lowest BCUT2D eigenvalue weighted by Gasteiger charge is -2.28. The number of hydrogen-bond acceptors (Lipinski definition) is 3. The van der Waals surface area contributed by atoms with Crippen molar-refractivity contribution in [2.75, 3.05) is 13.2 Å². The van der Waals surface area contributed by atoms with Crippen molar-refractivity contribution in [2.24, 2.45) is 11.8 Å². The molecule has 0 aromatic heterocycles. The average molecular weight is 202 g/mol. The molecule has 84 valence electrons. The van der Waals surface area contributed by atoms with Crippen molar-refractivity contribution in [3.8, 4) is 0 Å². The predicted octanol–water partition coefficient (Wildman–Crippen LogP) is 2.25. The number of carbonyl (C=O) groups is 1.